The molecule has 0 fully saturated rings. The van der Waals surface area contributed by atoms with Gasteiger partial charge >= 0.3 is 0 Å². The van der Waals surface area contributed by atoms with Gasteiger partial charge in [0.2, 0.25) is 0 Å². The molecule has 8 heteroatoms. The van der Waals surface area contributed by atoms with E-state index in [9.17, 15) is 18.8 Å². The molecule has 0 bridgehead atoms. The van der Waals surface area contributed by atoms with Crippen molar-refractivity contribution in [1.82, 2.24) is 14.8 Å². The van der Waals surface area contributed by atoms with Crippen molar-refractivity contribution in [3.63, 3.8) is 0 Å². The lowest BCUT2D eigenvalue weighted by Crippen LogP contribution is -3.15. The van der Waals surface area contributed by atoms with Crippen molar-refractivity contribution in [2.75, 3.05) is 26.2 Å². The normalized spacial score (nSPS) is 20.2. The number of carbonyl (C=O) groups excluding carboxylic acids is 3. The SMILES string of the molecule is O=C(C[NH+]1CCc2ccccc2[C@H]1CN1C(=O)c2ccccc2C1=O)N1CCc2[nH]c3ccc(F)cc3c2C1. The van der Waals surface area contributed by atoms with Crippen LogP contribution < -0.4 is 4.90 Å². The molecular weight excluding hydrogens is 495 g/mol. The van der Waals surface area contributed by atoms with Crippen LogP contribution in [-0.2, 0) is 24.2 Å². The van der Waals surface area contributed by atoms with E-state index in [1.54, 1.807) is 30.3 Å². The summed E-state index contributed by atoms with van der Waals surface area (Å²) in [4.78, 5) is 47.7. The maximum Gasteiger partial charge on any atom is 0.278 e. The fraction of sp³-hybridized carbons (Fsp3) is 0.258. The molecule has 3 aliphatic rings. The lowest BCUT2D eigenvalue weighted by molar-refractivity contribution is -0.925. The Balaban J connectivity index is 1.14. The van der Waals surface area contributed by atoms with Gasteiger partial charge in [0.15, 0.2) is 6.54 Å². The predicted molar refractivity (Wildman–Crippen MR) is 143 cm³/mol. The van der Waals surface area contributed by atoms with E-state index < -0.39 is 0 Å². The van der Waals surface area contributed by atoms with E-state index in [0.717, 1.165) is 45.6 Å². The van der Waals surface area contributed by atoms with Gasteiger partial charge in [-0.2, -0.15) is 0 Å². The summed E-state index contributed by atoms with van der Waals surface area (Å²) < 4.78 is 14.0. The first-order chi connectivity index (χ1) is 19.0. The van der Waals surface area contributed by atoms with Gasteiger partial charge in [-0.25, -0.2) is 4.39 Å². The first-order valence-corrected chi connectivity index (χ1v) is 13.4. The predicted octanol–water partition coefficient (Wildman–Crippen LogP) is 2.67. The lowest BCUT2D eigenvalue weighted by Gasteiger charge is -2.37. The second kappa shape index (κ2) is 9.17. The van der Waals surface area contributed by atoms with Crippen LogP contribution in [0.1, 0.15) is 49.1 Å². The molecule has 196 valence electrons. The van der Waals surface area contributed by atoms with Crippen LogP contribution in [0.4, 0.5) is 4.39 Å². The summed E-state index contributed by atoms with van der Waals surface area (Å²) in [5, 5.41) is 0.824. The van der Waals surface area contributed by atoms with Crippen molar-refractivity contribution < 1.29 is 23.7 Å². The number of rotatable bonds is 4. The molecule has 7 nitrogen and oxygen atoms in total. The lowest BCUT2D eigenvalue weighted by atomic mass is 9.92. The number of hydrogen-bond acceptors (Lipinski definition) is 3. The summed E-state index contributed by atoms with van der Waals surface area (Å²) in [6.07, 6.45) is 1.51. The third-order valence-corrected chi connectivity index (χ3v) is 8.55. The van der Waals surface area contributed by atoms with Gasteiger partial charge < -0.3 is 14.8 Å². The number of aromatic amines is 1. The number of nitrogens with zero attached hydrogens (tertiary/aromatic N) is 2. The van der Waals surface area contributed by atoms with Crippen LogP contribution in [0.5, 0.6) is 0 Å². The number of amides is 3. The zero-order chi connectivity index (χ0) is 26.7. The van der Waals surface area contributed by atoms with E-state index in [4.69, 9.17) is 0 Å². The molecule has 0 radical (unpaired) electrons. The Labute approximate surface area is 224 Å². The summed E-state index contributed by atoms with van der Waals surface area (Å²) in [6.45, 7) is 2.23. The number of halogens is 1. The standard InChI is InChI=1S/C31H27FN4O3/c32-20-9-10-26-24(15-20)25-16-35(14-12-27(25)33-26)29(37)18-34-13-11-19-5-1-2-6-21(19)28(34)17-36-30(38)22-7-3-4-8-23(22)31(36)39/h1-10,15,28,33H,11-14,16-18H2/p+1/t28-/m1/s1. The van der Waals surface area contributed by atoms with Gasteiger partial charge in [0, 0.05) is 53.7 Å². The zero-order valence-electron chi connectivity index (χ0n) is 21.4. The van der Waals surface area contributed by atoms with Gasteiger partial charge in [-0.15, -0.1) is 0 Å². The van der Waals surface area contributed by atoms with Crippen LogP contribution in [0, 0.1) is 5.82 Å². The maximum absolute atomic E-state index is 14.0. The third-order valence-electron chi connectivity index (χ3n) is 8.55. The van der Waals surface area contributed by atoms with Gasteiger partial charge in [-0.05, 0) is 35.9 Å². The van der Waals surface area contributed by atoms with Gasteiger partial charge in [-0.1, -0.05) is 36.4 Å². The fourth-order valence-corrected chi connectivity index (χ4v) is 6.52. The number of benzene rings is 3. The Morgan fingerprint density at radius 3 is 2.51 bits per heavy atom. The molecule has 2 N–H and O–H groups in total. The number of hydrogen-bond donors (Lipinski definition) is 2. The van der Waals surface area contributed by atoms with E-state index in [-0.39, 0.29) is 42.7 Å². The third kappa shape index (κ3) is 3.94. The van der Waals surface area contributed by atoms with E-state index in [1.807, 2.05) is 17.0 Å². The summed E-state index contributed by atoms with van der Waals surface area (Å²) in [6, 6.07) is 19.6. The molecule has 3 aliphatic heterocycles. The van der Waals surface area contributed by atoms with Gasteiger partial charge in [0.25, 0.3) is 17.7 Å². The minimum atomic E-state index is -0.292. The van der Waals surface area contributed by atoms with Crippen molar-refractivity contribution in [3.05, 3.63) is 106 Å². The highest BCUT2D eigenvalue weighted by atomic mass is 19.1. The topological polar surface area (TPSA) is 77.9 Å². The molecule has 0 saturated heterocycles. The smallest absolute Gasteiger partial charge is 0.278 e. The monoisotopic (exact) mass is 523 g/mol. The van der Waals surface area contributed by atoms with Crippen LogP contribution in [0.15, 0.2) is 66.7 Å². The number of quaternary nitrogens is 1. The average molecular weight is 524 g/mol. The molecule has 0 spiro atoms. The first kappa shape index (κ1) is 23.8. The van der Waals surface area contributed by atoms with Crippen LogP contribution in [-0.4, -0.2) is 58.7 Å². The van der Waals surface area contributed by atoms with E-state index in [1.165, 1.54) is 22.6 Å². The van der Waals surface area contributed by atoms with Crippen LogP contribution in [0.2, 0.25) is 0 Å². The Morgan fingerprint density at radius 1 is 0.974 bits per heavy atom. The molecule has 0 saturated carbocycles. The Bertz CT molecular complexity index is 1630. The molecule has 4 heterocycles. The van der Waals surface area contributed by atoms with E-state index in [2.05, 4.69) is 17.1 Å². The summed E-state index contributed by atoms with van der Waals surface area (Å²) in [7, 11) is 0. The quantitative estimate of drug-likeness (QED) is 0.404. The molecule has 39 heavy (non-hydrogen) atoms. The number of imide groups is 1. The summed E-state index contributed by atoms with van der Waals surface area (Å²) in [5.74, 6) is -0.827. The molecule has 4 aromatic rings. The number of nitrogens with one attached hydrogen (secondary N) is 2. The molecule has 3 amide bonds. The number of aromatic nitrogens is 1. The highest BCUT2D eigenvalue weighted by molar-refractivity contribution is 6.21. The van der Waals surface area contributed by atoms with Crippen molar-refractivity contribution in [2.24, 2.45) is 0 Å². The van der Waals surface area contributed by atoms with Gasteiger partial charge in [0.1, 0.15) is 11.9 Å². The molecule has 2 atom stereocenters. The molecular formula is C31H28FN4O3+. The van der Waals surface area contributed by atoms with E-state index in [0.29, 0.717) is 30.6 Å². The minimum Gasteiger partial charge on any atom is -0.358 e. The molecule has 3 aromatic carbocycles. The second-order valence-corrected chi connectivity index (χ2v) is 10.7. The maximum atomic E-state index is 14.0. The Kier molecular flexibility index (Phi) is 5.59. The Hall–Kier alpha value is -4.30. The summed E-state index contributed by atoms with van der Waals surface area (Å²) in [5.41, 5.74) is 6.06. The van der Waals surface area contributed by atoms with Crippen LogP contribution in [0.3, 0.4) is 0 Å². The molecule has 1 aromatic heterocycles. The van der Waals surface area contributed by atoms with E-state index >= 15 is 0 Å². The van der Waals surface area contributed by atoms with Crippen LogP contribution in [0.25, 0.3) is 10.9 Å². The number of fused-ring (bicyclic) bond motifs is 5. The highest BCUT2D eigenvalue weighted by Crippen LogP contribution is 2.29. The van der Waals surface area contributed by atoms with Gasteiger partial charge in [0.05, 0.1) is 24.2 Å². The summed E-state index contributed by atoms with van der Waals surface area (Å²) >= 11 is 0. The van der Waals surface area contributed by atoms with Gasteiger partial charge in [-0.3, -0.25) is 19.3 Å². The van der Waals surface area contributed by atoms with Crippen molar-refractivity contribution in [2.45, 2.75) is 25.4 Å². The largest absolute Gasteiger partial charge is 0.358 e. The van der Waals surface area contributed by atoms with Crippen molar-refractivity contribution in [3.8, 4) is 0 Å². The number of carbonyl (C=O) groups is 3. The Morgan fingerprint density at radius 2 is 1.72 bits per heavy atom. The molecule has 0 aliphatic carbocycles. The number of H-pyrrole nitrogens is 1. The first-order valence-electron chi connectivity index (χ1n) is 13.4. The minimum absolute atomic E-state index is 0.0214. The average Bonchev–Trinajstić information content (AvgIpc) is 3.43. The van der Waals surface area contributed by atoms with Crippen molar-refractivity contribution in [1.29, 1.82) is 0 Å². The second-order valence-electron chi connectivity index (χ2n) is 10.7. The molecule has 7 rings (SSSR count). The highest BCUT2D eigenvalue weighted by Gasteiger charge is 2.41. The van der Waals surface area contributed by atoms with Crippen molar-refractivity contribution >= 4 is 28.6 Å². The molecule has 1 unspecified atom stereocenters. The zero-order valence-corrected chi connectivity index (χ0v) is 21.4. The van der Waals surface area contributed by atoms with Crippen LogP contribution >= 0.6 is 0 Å². The fourth-order valence-electron chi connectivity index (χ4n) is 6.52.